The van der Waals surface area contributed by atoms with Gasteiger partial charge in [0.1, 0.15) is 0 Å². The zero-order valence-electron chi connectivity index (χ0n) is 11.7. The Morgan fingerprint density at radius 3 is 2.28 bits per heavy atom. The number of nitrogens with one attached hydrogen (secondary N) is 1. The van der Waals surface area contributed by atoms with Crippen molar-refractivity contribution in [3.05, 3.63) is 0 Å². The van der Waals surface area contributed by atoms with Gasteiger partial charge in [-0.25, -0.2) is 0 Å². The van der Waals surface area contributed by atoms with Gasteiger partial charge in [0.25, 0.3) is 0 Å². The Balaban J connectivity index is 2.35. The minimum Gasteiger partial charge on any atom is -0.480 e. The second-order valence-electron chi connectivity index (χ2n) is 6.00. The first kappa shape index (κ1) is 15.0. The van der Waals surface area contributed by atoms with Crippen molar-refractivity contribution >= 4 is 11.9 Å². The molecule has 1 aliphatic carbocycles. The van der Waals surface area contributed by atoms with E-state index >= 15 is 0 Å². The Morgan fingerprint density at radius 1 is 1.33 bits per heavy atom. The SMILES string of the molecule is CCN(CC(=O)O)C1CC(NC(=O)C(C)(C)C)C1. The third kappa shape index (κ3) is 3.98. The molecule has 0 radical (unpaired) electrons. The first-order valence-electron chi connectivity index (χ1n) is 6.50. The van der Waals surface area contributed by atoms with E-state index in [1.54, 1.807) is 0 Å². The number of hydrogen-bond donors (Lipinski definition) is 2. The summed E-state index contributed by atoms with van der Waals surface area (Å²) >= 11 is 0. The van der Waals surface area contributed by atoms with Gasteiger partial charge < -0.3 is 10.4 Å². The lowest BCUT2D eigenvalue weighted by Crippen LogP contribution is -2.56. The van der Waals surface area contributed by atoms with Crippen LogP contribution in [0.2, 0.25) is 0 Å². The van der Waals surface area contributed by atoms with Gasteiger partial charge in [-0.2, -0.15) is 0 Å². The fraction of sp³-hybridized carbons (Fsp3) is 0.846. The summed E-state index contributed by atoms with van der Waals surface area (Å²) in [6.07, 6.45) is 1.70. The summed E-state index contributed by atoms with van der Waals surface area (Å²) in [4.78, 5) is 24.4. The number of hydrogen-bond acceptors (Lipinski definition) is 3. The minimum atomic E-state index is -0.793. The molecule has 104 valence electrons. The van der Waals surface area contributed by atoms with Crippen LogP contribution in [-0.4, -0.2) is 47.1 Å². The van der Waals surface area contributed by atoms with Crippen molar-refractivity contribution in [1.82, 2.24) is 10.2 Å². The highest BCUT2D eigenvalue weighted by molar-refractivity contribution is 5.81. The van der Waals surface area contributed by atoms with Crippen molar-refractivity contribution in [3.63, 3.8) is 0 Å². The zero-order chi connectivity index (χ0) is 13.9. The number of aliphatic carboxylic acids is 1. The Bertz CT molecular complexity index is 317. The number of nitrogens with zero attached hydrogens (tertiary/aromatic N) is 1. The van der Waals surface area contributed by atoms with E-state index < -0.39 is 5.97 Å². The van der Waals surface area contributed by atoms with Crippen LogP contribution in [0.5, 0.6) is 0 Å². The van der Waals surface area contributed by atoms with Gasteiger partial charge in [-0.3, -0.25) is 14.5 Å². The molecular formula is C13H24N2O3. The number of rotatable bonds is 5. The quantitative estimate of drug-likeness (QED) is 0.772. The maximum Gasteiger partial charge on any atom is 0.317 e. The van der Waals surface area contributed by atoms with Gasteiger partial charge in [-0.05, 0) is 19.4 Å². The largest absolute Gasteiger partial charge is 0.480 e. The fourth-order valence-corrected chi connectivity index (χ4v) is 2.08. The molecule has 5 nitrogen and oxygen atoms in total. The maximum absolute atomic E-state index is 11.8. The fourth-order valence-electron chi connectivity index (χ4n) is 2.08. The van der Waals surface area contributed by atoms with Crippen molar-refractivity contribution in [1.29, 1.82) is 0 Å². The first-order valence-corrected chi connectivity index (χ1v) is 6.50. The van der Waals surface area contributed by atoms with Gasteiger partial charge in [0.2, 0.25) is 5.91 Å². The lowest BCUT2D eigenvalue weighted by molar-refractivity contribution is -0.140. The van der Waals surface area contributed by atoms with Gasteiger partial charge >= 0.3 is 5.97 Å². The third-order valence-corrected chi connectivity index (χ3v) is 3.39. The lowest BCUT2D eigenvalue weighted by Gasteiger charge is -2.43. The van der Waals surface area contributed by atoms with E-state index in [2.05, 4.69) is 5.32 Å². The summed E-state index contributed by atoms with van der Waals surface area (Å²) in [5, 5.41) is 11.8. The first-order chi connectivity index (χ1) is 8.24. The van der Waals surface area contributed by atoms with E-state index in [4.69, 9.17) is 5.11 Å². The second kappa shape index (κ2) is 5.69. The molecule has 0 aromatic carbocycles. The molecule has 1 saturated carbocycles. The van der Waals surface area contributed by atoms with Crippen LogP contribution >= 0.6 is 0 Å². The van der Waals surface area contributed by atoms with E-state index in [-0.39, 0.29) is 30.0 Å². The summed E-state index contributed by atoms with van der Waals surface area (Å²) < 4.78 is 0. The monoisotopic (exact) mass is 256 g/mol. The highest BCUT2D eigenvalue weighted by Gasteiger charge is 2.36. The summed E-state index contributed by atoms with van der Waals surface area (Å²) in [5.74, 6) is -0.730. The smallest absolute Gasteiger partial charge is 0.317 e. The Labute approximate surface area is 109 Å². The molecular weight excluding hydrogens is 232 g/mol. The molecule has 18 heavy (non-hydrogen) atoms. The van der Waals surface area contributed by atoms with Crippen LogP contribution in [0, 0.1) is 5.41 Å². The summed E-state index contributed by atoms with van der Waals surface area (Å²) in [7, 11) is 0. The summed E-state index contributed by atoms with van der Waals surface area (Å²) in [6, 6.07) is 0.487. The standard InChI is InChI=1S/C13H24N2O3/c1-5-15(8-11(16)17)10-6-9(7-10)14-12(18)13(2,3)4/h9-10H,5-8H2,1-4H3,(H,14,18)(H,16,17). The van der Waals surface area contributed by atoms with Crippen molar-refractivity contribution in [2.24, 2.45) is 5.41 Å². The average molecular weight is 256 g/mol. The topological polar surface area (TPSA) is 69.6 Å². The van der Waals surface area contributed by atoms with Crippen LogP contribution in [0.15, 0.2) is 0 Å². The number of carbonyl (C=O) groups is 2. The predicted octanol–water partition coefficient (Wildman–Crippen LogP) is 1.09. The number of amides is 1. The zero-order valence-corrected chi connectivity index (χ0v) is 11.7. The molecule has 0 heterocycles. The molecule has 1 amide bonds. The number of carboxylic acids is 1. The molecule has 0 spiro atoms. The molecule has 1 rings (SSSR count). The third-order valence-electron chi connectivity index (χ3n) is 3.39. The molecule has 0 atom stereocenters. The van der Waals surface area contributed by atoms with Gasteiger partial charge in [-0.1, -0.05) is 27.7 Å². The summed E-state index contributed by atoms with van der Waals surface area (Å²) in [5.41, 5.74) is -0.364. The van der Waals surface area contributed by atoms with Crippen molar-refractivity contribution in [2.45, 2.75) is 52.6 Å². The van der Waals surface area contributed by atoms with Crippen molar-refractivity contribution in [3.8, 4) is 0 Å². The van der Waals surface area contributed by atoms with Crippen LogP contribution in [0.3, 0.4) is 0 Å². The predicted molar refractivity (Wildman–Crippen MR) is 69.3 cm³/mol. The molecule has 0 aromatic rings. The molecule has 0 unspecified atom stereocenters. The second-order valence-corrected chi connectivity index (χ2v) is 6.00. The molecule has 2 N–H and O–H groups in total. The van der Waals surface area contributed by atoms with E-state index in [9.17, 15) is 9.59 Å². The van der Waals surface area contributed by atoms with E-state index in [1.165, 1.54) is 0 Å². The number of carboxylic acid groups (broad SMARTS) is 1. The van der Waals surface area contributed by atoms with E-state index in [0.29, 0.717) is 0 Å². The van der Waals surface area contributed by atoms with Gasteiger partial charge in [0, 0.05) is 17.5 Å². The van der Waals surface area contributed by atoms with Crippen LogP contribution in [-0.2, 0) is 9.59 Å². The molecule has 0 saturated heterocycles. The van der Waals surface area contributed by atoms with Crippen LogP contribution in [0.1, 0.15) is 40.5 Å². The minimum absolute atomic E-state index is 0.0623. The van der Waals surface area contributed by atoms with Crippen molar-refractivity contribution < 1.29 is 14.7 Å². The molecule has 1 fully saturated rings. The van der Waals surface area contributed by atoms with Crippen LogP contribution in [0.25, 0.3) is 0 Å². The van der Waals surface area contributed by atoms with E-state index in [1.807, 2.05) is 32.6 Å². The molecule has 1 aliphatic rings. The highest BCUT2D eigenvalue weighted by Crippen LogP contribution is 2.26. The molecule has 5 heteroatoms. The average Bonchev–Trinajstić information content (AvgIpc) is 2.17. The van der Waals surface area contributed by atoms with Gasteiger partial charge in [0.05, 0.1) is 6.54 Å². The summed E-state index contributed by atoms with van der Waals surface area (Å²) in [6.45, 7) is 8.45. The highest BCUT2D eigenvalue weighted by atomic mass is 16.4. The molecule has 0 aliphatic heterocycles. The number of carbonyl (C=O) groups excluding carboxylic acids is 1. The van der Waals surface area contributed by atoms with Crippen molar-refractivity contribution in [2.75, 3.05) is 13.1 Å². The molecule has 0 bridgehead atoms. The Hall–Kier alpha value is -1.10. The normalized spacial score (nSPS) is 23.6. The van der Waals surface area contributed by atoms with E-state index in [0.717, 1.165) is 19.4 Å². The molecule has 0 aromatic heterocycles. The van der Waals surface area contributed by atoms with Crippen LogP contribution < -0.4 is 5.32 Å². The maximum atomic E-state index is 11.8. The lowest BCUT2D eigenvalue weighted by atomic mass is 9.84. The Kier molecular flexibility index (Phi) is 4.73. The number of likely N-dealkylation sites (N-methyl/N-ethyl adjacent to an activating group) is 1. The van der Waals surface area contributed by atoms with Gasteiger partial charge in [0.15, 0.2) is 0 Å². The Morgan fingerprint density at radius 2 is 1.89 bits per heavy atom. The van der Waals surface area contributed by atoms with Gasteiger partial charge in [-0.15, -0.1) is 0 Å². The van der Waals surface area contributed by atoms with Crippen LogP contribution in [0.4, 0.5) is 0 Å².